The Morgan fingerprint density at radius 3 is 2.48 bits per heavy atom. The summed E-state index contributed by atoms with van der Waals surface area (Å²) in [6.45, 7) is 0.821. The summed E-state index contributed by atoms with van der Waals surface area (Å²) in [7, 11) is -3.75. The van der Waals surface area contributed by atoms with Crippen LogP contribution >= 0.6 is 23.4 Å². The van der Waals surface area contributed by atoms with Gasteiger partial charge in [0.25, 0.3) is 0 Å². The van der Waals surface area contributed by atoms with E-state index < -0.39 is 16.1 Å². The molecule has 2 aromatic rings. The molecule has 1 amide bonds. The van der Waals surface area contributed by atoms with Gasteiger partial charge in [0, 0.05) is 23.0 Å². The Bertz CT molecular complexity index is 931. The Morgan fingerprint density at radius 2 is 1.83 bits per heavy atom. The predicted molar refractivity (Wildman–Crippen MR) is 118 cm³/mol. The second-order valence-corrected chi connectivity index (χ2v) is 10.2. The second-order valence-electron chi connectivity index (χ2n) is 6.97. The van der Waals surface area contributed by atoms with E-state index in [-0.39, 0.29) is 10.8 Å². The molecule has 0 unspecified atom stereocenters. The molecule has 1 saturated heterocycles. The molecule has 29 heavy (non-hydrogen) atoms. The van der Waals surface area contributed by atoms with E-state index in [1.807, 2.05) is 6.26 Å². The second kappa shape index (κ2) is 9.98. The molecule has 5 nitrogen and oxygen atoms in total. The first-order chi connectivity index (χ1) is 13.9. The van der Waals surface area contributed by atoms with E-state index in [9.17, 15) is 13.2 Å². The van der Waals surface area contributed by atoms with E-state index >= 15 is 0 Å². The van der Waals surface area contributed by atoms with E-state index in [4.69, 9.17) is 11.6 Å². The number of amides is 1. The quantitative estimate of drug-likeness (QED) is 0.645. The average Bonchev–Trinajstić information content (AvgIpc) is 2.74. The Labute approximate surface area is 181 Å². The molecule has 0 bridgehead atoms. The van der Waals surface area contributed by atoms with Gasteiger partial charge in [0.1, 0.15) is 6.04 Å². The van der Waals surface area contributed by atoms with Crippen LogP contribution in [0.2, 0.25) is 5.02 Å². The average molecular weight is 453 g/mol. The molecule has 0 spiro atoms. The van der Waals surface area contributed by atoms with Crippen LogP contribution in [0.15, 0.2) is 58.3 Å². The minimum atomic E-state index is -3.75. The lowest BCUT2D eigenvalue weighted by atomic mass is 10.0. The van der Waals surface area contributed by atoms with Crippen molar-refractivity contribution < 1.29 is 13.2 Å². The summed E-state index contributed by atoms with van der Waals surface area (Å²) in [5.41, 5.74) is 1.14. The zero-order chi connectivity index (χ0) is 20.9. The third kappa shape index (κ3) is 5.54. The van der Waals surface area contributed by atoms with Gasteiger partial charge < -0.3 is 5.32 Å². The molecule has 1 heterocycles. The van der Waals surface area contributed by atoms with Gasteiger partial charge in [0.05, 0.1) is 4.90 Å². The first-order valence-electron chi connectivity index (χ1n) is 9.60. The first kappa shape index (κ1) is 22.2. The number of halogens is 1. The van der Waals surface area contributed by atoms with Crippen LogP contribution in [0, 0.1) is 0 Å². The zero-order valence-electron chi connectivity index (χ0n) is 16.3. The predicted octanol–water partition coefficient (Wildman–Crippen LogP) is 3.96. The molecule has 1 aliphatic heterocycles. The van der Waals surface area contributed by atoms with Crippen LogP contribution in [-0.4, -0.2) is 44.0 Å². The van der Waals surface area contributed by atoms with Crippen LogP contribution in [0.4, 0.5) is 0 Å². The summed E-state index contributed by atoms with van der Waals surface area (Å²) in [6.07, 6.45) is 4.85. The Balaban J connectivity index is 1.65. The van der Waals surface area contributed by atoms with E-state index in [0.717, 1.165) is 18.4 Å². The van der Waals surface area contributed by atoms with Crippen molar-refractivity contribution in [2.75, 3.05) is 19.3 Å². The number of piperidine rings is 1. The number of benzene rings is 2. The normalized spacial score (nSPS) is 17.8. The maximum Gasteiger partial charge on any atom is 0.243 e. The van der Waals surface area contributed by atoms with E-state index in [2.05, 4.69) is 29.6 Å². The third-order valence-corrected chi connectivity index (χ3v) is 7.97. The lowest BCUT2D eigenvalue weighted by Gasteiger charge is -2.33. The molecule has 1 aliphatic rings. The van der Waals surface area contributed by atoms with Crippen molar-refractivity contribution in [3.05, 3.63) is 59.1 Å². The molecular formula is C21H25ClN2O3S2. The summed E-state index contributed by atoms with van der Waals surface area (Å²) in [5.74, 6) is -0.233. The number of carbonyl (C=O) groups excluding carboxylic acids is 1. The molecule has 0 aromatic heterocycles. The fourth-order valence-corrected chi connectivity index (χ4v) is 5.63. The van der Waals surface area contributed by atoms with Crippen LogP contribution in [0.3, 0.4) is 0 Å². The summed E-state index contributed by atoms with van der Waals surface area (Å²) < 4.78 is 27.5. The minimum Gasteiger partial charge on any atom is -0.354 e. The van der Waals surface area contributed by atoms with Crippen molar-refractivity contribution in [3.63, 3.8) is 0 Å². The van der Waals surface area contributed by atoms with Gasteiger partial charge in [0.15, 0.2) is 0 Å². The monoisotopic (exact) mass is 452 g/mol. The smallest absolute Gasteiger partial charge is 0.243 e. The zero-order valence-corrected chi connectivity index (χ0v) is 18.7. The number of carbonyl (C=O) groups is 1. The number of nitrogens with one attached hydrogen (secondary N) is 1. The summed E-state index contributed by atoms with van der Waals surface area (Å²) in [5, 5.41) is 3.40. The molecule has 1 fully saturated rings. The van der Waals surface area contributed by atoms with Gasteiger partial charge in [-0.15, -0.1) is 11.8 Å². The van der Waals surface area contributed by atoms with Crippen LogP contribution < -0.4 is 5.32 Å². The SMILES string of the molecule is CSc1ccc(CCNC(=O)[C@@H]2CCCCN2S(=O)(=O)c2ccc(Cl)cc2)cc1. The third-order valence-electron chi connectivity index (χ3n) is 5.05. The molecule has 1 atom stereocenters. The molecule has 1 N–H and O–H groups in total. The molecule has 3 rings (SSSR count). The fourth-order valence-electron chi connectivity index (χ4n) is 3.44. The Hall–Kier alpha value is -1.54. The van der Waals surface area contributed by atoms with E-state index in [1.165, 1.54) is 21.3 Å². The van der Waals surface area contributed by atoms with Crippen molar-refractivity contribution >= 4 is 39.3 Å². The molecule has 8 heteroatoms. The molecule has 0 saturated carbocycles. The van der Waals surface area contributed by atoms with Gasteiger partial charge in [-0.1, -0.05) is 30.2 Å². The van der Waals surface area contributed by atoms with Gasteiger partial charge in [-0.05, 0) is 67.5 Å². The Morgan fingerprint density at radius 1 is 1.14 bits per heavy atom. The topological polar surface area (TPSA) is 66.5 Å². The van der Waals surface area contributed by atoms with Crippen molar-refractivity contribution in [1.82, 2.24) is 9.62 Å². The van der Waals surface area contributed by atoms with Crippen molar-refractivity contribution in [2.45, 2.75) is 41.5 Å². The first-order valence-corrected chi connectivity index (χ1v) is 12.6. The largest absolute Gasteiger partial charge is 0.354 e. The lowest BCUT2D eigenvalue weighted by molar-refractivity contribution is -0.125. The van der Waals surface area contributed by atoms with Gasteiger partial charge in [-0.2, -0.15) is 4.31 Å². The summed E-state index contributed by atoms with van der Waals surface area (Å²) in [6, 6.07) is 13.6. The van der Waals surface area contributed by atoms with Crippen LogP contribution in [0.5, 0.6) is 0 Å². The highest BCUT2D eigenvalue weighted by molar-refractivity contribution is 7.98. The standard InChI is InChI=1S/C21H25ClN2O3S2/c1-28-18-9-5-16(6-10-18)13-14-23-21(25)20-4-2-3-15-24(20)29(26,27)19-11-7-17(22)8-12-19/h5-12,20H,2-4,13-15H2,1H3,(H,23,25)/t20-/m0/s1. The van der Waals surface area contributed by atoms with Crippen LogP contribution in [0.25, 0.3) is 0 Å². The molecule has 2 aromatic carbocycles. The van der Waals surface area contributed by atoms with Gasteiger partial charge in [-0.3, -0.25) is 4.79 Å². The minimum absolute atomic E-state index is 0.162. The highest BCUT2D eigenvalue weighted by Gasteiger charge is 2.37. The van der Waals surface area contributed by atoms with Gasteiger partial charge >= 0.3 is 0 Å². The Kier molecular flexibility index (Phi) is 7.62. The molecule has 0 aliphatic carbocycles. The van der Waals surface area contributed by atoms with Gasteiger partial charge in [-0.25, -0.2) is 8.42 Å². The molecular weight excluding hydrogens is 428 g/mol. The van der Waals surface area contributed by atoms with Crippen LogP contribution in [-0.2, 0) is 21.2 Å². The fraction of sp³-hybridized carbons (Fsp3) is 0.381. The maximum absolute atomic E-state index is 13.1. The number of thioether (sulfide) groups is 1. The number of rotatable bonds is 7. The van der Waals surface area contributed by atoms with Crippen molar-refractivity contribution in [3.8, 4) is 0 Å². The van der Waals surface area contributed by atoms with Crippen molar-refractivity contribution in [2.24, 2.45) is 0 Å². The number of hydrogen-bond acceptors (Lipinski definition) is 4. The van der Waals surface area contributed by atoms with E-state index in [0.29, 0.717) is 31.0 Å². The number of hydrogen-bond donors (Lipinski definition) is 1. The maximum atomic E-state index is 13.1. The number of nitrogens with zero attached hydrogens (tertiary/aromatic N) is 1. The highest BCUT2D eigenvalue weighted by atomic mass is 35.5. The highest BCUT2D eigenvalue weighted by Crippen LogP contribution is 2.26. The summed E-state index contributed by atoms with van der Waals surface area (Å²) >= 11 is 7.56. The number of sulfonamides is 1. The van der Waals surface area contributed by atoms with Crippen molar-refractivity contribution in [1.29, 1.82) is 0 Å². The van der Waals surface area contributed by atoms with E-state index in [1.54, 1.807) is 23.9 Å². The van der Waals surface area contributed by atoms with Crippen LogP contribution in [0.1, 0.15) is 24.8 Å². The molecule has 0 radical (unpaired) electrons. The summed E-state index contributed by atoms with van der Waals surface area (Å²) in [4.78, 5) is 14.1. The lowest BCUT2D eigenvalue weighted by Crippen LogP contribution is -2.52. The molecule has 156 valence electrons. The van der Waals surface area contributed by atoms with Gasteiger partial charge in [0.2, 0.25) is 15.9 Å².